The molecule has 2 atom stereocenters. The summed E-state index contributed by atoms with van der Waals surface area (Å²) in [5, 5.41) is 7.69. The molecule has 2 N–H and O–H groups in total. The molecule has 0 bridgehead atoms. The maximum absolute atomic E-state index is 12.0. The van der Waals surface area contributed by atoms with Crippen molar-refractivity contribution >= 4 is 41.5 Å². The normalized spacial score (nSPS) is 18.8. The van der Waals surface area contributed by atoms with E-state index in [9.17, 15) is 4.79 Å². The maximum atomic E-state index is 12.0. The Labute approximate surface area is 154 Å². The lowest BCUT2D eigenvalue weighted by molar-refractivity contribution is -0.122. The Balaban J connectivity index is 0.00000264. The molecule has 1 saturated heterocycles. The molecule has 130 valence electrons. The molecule has 2 rings (SSSR count). The van der Waals surface area contributed by atoms with Crippen LogP contribution >= 0.6 is 35.6 Å². The summed E-state index contributed by atoms with van der Waals surface area (Å²) in [7, 11) is 0. The molecule has 1 aliphatic heterocycles. The fraction of sp³-hybridized carbons (Fsp3) is 0.588. The van der Waals surface area contributed by atoms with Gasteiger partial charge < -0.3 is 10.6 Å². The van der Waals surface area contributed by atoms with Gasteiger partial charge >= 0.3 is 0 Å². The van der Waals surface area contributed by atoms with Gasteiger partial charge in [0.1, 0.15) is 0 Å². The van der Waals surface area contributed by atoms with E-state index in [0.717, 1.165) is 25.1 Å². The molecule has 1 heterocycles. The predicted molar refractivity (Wildman–Crippen MR) is 99.8 cm³/mol. The summed E-state index contributed by atoms with van der Waals surface area (Å²) in [6, 6.07) is 5.47. The number of hydrogen-bond acceptors (Lipinski definition) is 2. The number of hydrogen-bond donors (Lipinski definition) is 2. The molecule has 0 saturated carbocycles. The fourth-order valence-corrected chi connectivity index (χ4v) is 3.46. The number of piperidine rings is 1. The fourth-order valence-electron chi connectivity index (χ4n) is 2.96. The second kappa shape index (κ2) is 10.4. The van der Waals surface area contributed by atoms with Crippen LogP contribution in [0.1, 0.15) is 31.7 Å². The van der Waals surface area contributed by atoms with Gasteiger partial charge in [0.25, 0.3) is 0 Å². The molecule has 0 aromatic heterocycles. The van der Waals surface area contributed by atoms with Crippen LogP contribution in [0.4, 0.5) is 0 Å². The van der Waals surface area contributed by atoms with E-state index >= 15 is 0 Å². The summed E-state index contributed by atoms with van der Waals surface area (Å²) in [4.78, 5) is 12.0. The molecule has 3 nitrogen and oxygen atoms in total. The Morgan fingerprint density at radius 1 is 1.43 bits per heavy atom. The Hall–Kier alpha value is -0.480. The van der Waals surface area contributed by atoms with Crippen molar-refractivity contribution in [3.8, 4) is 0 Å². The molecule has 0 spiro atoms. The standard InChI is InChI=1S/C17H24Cl2N2O.ClH/c1-12(14-3-2-7-20-11-14)9-17(22)21-8-6-13-4-5-15(18)10-16(13)19;/h4-5,10,12,14,20H,2-3,6-9,11H2,1H3,(H,21,22);1H. The van der Waals surface area contributed by atoms with E-state index in [1.54, 1.807) is 6.07 Å². The van der Waals surface area contributed by atoms with Crippen molar-refractivity contribution in [3.63, 3.8) is 0 Å². The van der Waals surface area contributed by atoms with Gasteiger partial charge in [-0.05, 0) is 61.9 Å². The van der Waals surface area contributed by atoms with Crippen LogP contribution in [-0.4, -0.2) is 25.5 Å². The highest BCUT2D eigenvalue weighted by Crippen LogP contribution is 2.23. The minimum Gasteiger partial charge on any atom is -0.356 e. The zero-order valence-corrected chi connectivity index (χ0v) is 15.7. The molecule has 0 aliphatic carbocycles. The third-order valence-corrected chi connectivity index (χ3v) is 4.97. The third-order valence-electron chi connectivity index (χ3n) is 4.38. The number of carbonyl (C=O) groups is 1. The largest absolute Gasteiger partial charge is 0.356 e. The number of halogens is 3. The zero-order valence-electron chi connectivity index (χ0n) is 13.4. The molecule has 1 aliphatic rings. The van der Waals surface area contributed by atoms with Crippen LogP contribution in [0.2, 0.25) is 10.0 Å². The summed E-state index contributed by atoms with van der Waals surface area (Å²) < 4.78 is 0. The van der Waals surface area contributed by atoms with Crippen LogP contribution in [0.25, 0.3) is 0 Å². The average Bonchev–Trinajstić information content (AvgIpc) is 2.50. The van der Waals surface area contributed by atoms with Crippen molar-refractivity contribution in [3.05, 3.63) is 33.8 Å². The second-order valence-electron chi connectivity index (χ2n) is 6.12. The molecule has 0 radical (unpaired) electrons. The van der Waals surface area contributed by atoms with Gasteiger partial charge in [0.2, 0.25) is 5.91 Å². The van der Waals surface area contributed by atoms with Crippen LogP contribution in [0.3, 0.4) is 0 Å². The first-order valence-electron chi connectivity index (χ1n) is 7.97. The van der Waals surface area contributed by atoms with E-state index in [0.29, 0.717) is 34.8 Å². The van der Waals surface area contributed by atoms with Crippen molar-refractivity contribution < 1.29 is 4.79 Å². The van der Waals surface area contributed by atoms with E-state index in [1.165, 1.54) is 12.8 Å². The summed E-state index contributed by atoms with van der Waals surface area (Å²) in [5.41, 5.74) is 1.01. The Kier molecular flexibility index (Phi) is 9.30. The first kappa shape index (κ1) is 20.6. The van der Waals surface area contributed by atoms with Crippen LogP contribution in [0.15, 0.2) is 18.2 Å². The average molecular weight is 380 g/mol. The van der Waals surface area contributed by atoms with Crippen LogP contribution in [0.5, 0.6) is 0 Å². The number of nitrogens with one attached hydrogen (secondary N) is 2. The highest BCUT2D eigenvalue weighted by Gasteiger charge is 2.21. The Morgan fingerprint density at radius 3 is 2.87 bits per heavy atom. The molecule has 1 amide bonds. The van der Waals surface area contributed by atoms with Crippen LogP contribution in [-0.2, 0) is 11.2 Å². The van der Waals surface area contributed by atoms with Crippen molar-refractivity contribution in [2.24, 2.45) is 11.8 Å². The summed E-state index contributed by atoms with van der Waals surface area (Å²) in [5.74, 6) is 1.17. The number of carbonyl (C=O) groups excluding carboxylic acids is 1. The van der Waals surface area contributed by atoms with Crippen molar-refractivity contribution in [2.45, 2.75) is 32.6 Å². The van der Waals surface area contributed by atoms with E-state index < -0.39 is 0 Å². The van der Waals surface area contributed by atoms with Gasteiger partial charge in [-0.15, -0.1) is 12.4 Å². The number of benzene rings is 1. The Bertz CT molecular complexity index is 505. The van der Waals surface area contributed by atoms with Gasteiger partial charge in [-0.1, -0.05) is 36.2 Å². The maximum Gasteiger partial charge on any atom is 0.220 e. The monoisotopic (exact) mass is 378 g/mol. The lowest BCUT2D eigenvalue weighted by atomic mass is 9.85. The topological polar surface area (TPSA) is 41.1 Å². The summed E-state index contributed by atoms with van der Waals surface area (Å²) in [6.45, 7) is 4.93. The van der Waals surface area contributed by atoms with Gasteiger partial charge in [-0.2, -0.15) is 0 Å². The number of rotatable bonds is 6. The van der Waals surface area contributed by atoms with Gasteiger partial charge in [-0.3, -0.25) is 4.79 Å². The highest BCUT2D eigenvalue weighted by atomic mass is 35.5. The first-order chi connectivity index (χ1) is 10.6. The smallest absolute Gasteiger partial charge is 0.220 e. The molecular weight excluding hydrogens is 355 g/mol. The van der Waals surface area contributed by atoms with Crippen molar-refractivity contribution in [1.82, 2.24) is 10.6 Å². The minimum absolute atomic E-state index is 0. The summed E-state index contributed by atoms with van der Waals surface area (Å²) in [6.07, 6.45) is 3.76. The highest BCUT2D eigenvalue weighted by molar-refractivity contribution is 6.35. The third kappa shape index (κ3) is 6.88. The van der Waals surface area contributed by atoms with E-state index in [2.05, 4.69) is 17.6 Å². The van der Waals surface area contributed by atoms with Gasteiger partial charge in [-0.25, -0.2) is 0 Å². The first-order valence-corrected chi connectivity index (χ1v) is 8.73. The SMILES string of the molecule is CC(CC(=O)NCCc1ccc(Cl)cc1Cl)C1CCCNC1.Cl. The molecule has 2 unspecified atom stereocenters. The molecule has 1 aromatic carbocycles. The minimum atomic E-state index is 0. The lowest BCUT2D eigenvalue weighted by Gasteiger charge is -2.28. The lowest BCUT2D eigenvalue weighted by Crippen LogP contribution is -2.36. The Morgan fingerprint density at radius 2 is 2.22 bits per heavy atom. The van der Waals surface area contributed by atoms with Gasteiger partial charge in [0.05, 0.1) is 0 Å². The predicted octanol–water partition coefficient (Wildman–Crippen LogP) is 4.10. The van der Waals surface area contributed by atoms with Gasteiger partial charge in [0.15, 0.2) is 0 Å². The van der Waals surface area contributed by atoms with Crippen molar-refractivity contribution in [2.75, 3.05) is 19.6 Å². The number of amides is 1. The van der Waals surface area contributed by atoms with E-state index in [4.69, 9.17) is 23.2 Å². The molecule has 1 fully saturated rings. The quantitative estimate of drug-likeness (QED) is 0.781. The van der Waals surface area contributed by atoms with Gasteiger partial charge in [0, 0.05) is 23.0 Å². The molecule has 23 heavy (non-hydrogen) atoms. The van der Waals surface area contributed by atoms with Crippen LogP contribution in [0, 0.1) is 11.8 Å². The van der Waals surface area contributed by atoms with Crippen molar-refractivity contribution in [1.29, 1.82) is 0 Å². The molecule has 1 aromatic rings. The molecular formula is C17H25Cl3N2O. The summed E-state index contributed by atoms with van der Waals surface area (Å²) >= 11 is 12.0. The van der Waals surface area contributed by atoms with E-state index in [-0.39, 0.29) is 18.3 Å². The van der Waals surface area contributed by atoms with E-state index in [1.807, 2.05) is 12.1 Å². The second-order valence-corrected chi connectivity index (χ2v) is 6.97. The van der Waals surface area contributed by atoms with Crippen LogP contribution < -0.4 is 10.6 Å². The zero-order chi connectivity index (χ0) is 15.9. The molecule has 6 heteroatoms.